The molecular weight excluding hydrogens is 311 g/mol. The minimum Gasteiger partial charge on any atom is -0.351 e. The van der Waals surface area contributed by atoms with E-state index in [-0.39, 0.29) is 29.9 Å². The van der Waals surface area contributed by atoms with Gasteiger partial charge in [0.1, 0.15) is 5.82 Å². The number of hydrogen-bond acceptors (Lipinski definition) is 4. The van der Waals surface area contributed by atoms with Gasteiger partial charge in [-0.05, 0) is 19.4 Å². The van der Waals surface area contributed by atoms with Crippen LogP contribution in [0, 0.1) is 5.82 Å². The highest BCUT2D eigenvalue weighted by molar-refractivity contribution is 5.81. The van der Waals surface area contributed by atoms with Crippen molar-refractivity contribution in [3.63, 3.8) is 0 Å². The van der Waals surface area contributed by atoms with Crippen LogP contribution in [0.4, 0.5) is 4.39 Å². The van der Waals surface area contributed by atoms with Crippen LogP contribution >= 0.6 is 0 Å². The molecule has 1 aromatic heterocycles. The average Bonchev–Trinajstić information content (AvgIpc) is 2.60. The Bertz CT molecular complexity index is 805. The fraction of sp³-hybridized carbons (Fsp3) is 0.353. The lowest BCUT2D eigenvalue weighted by Crippen LogP contribution is -2.47. The molecule has 3 rings (SSSR count). The van der Waals surface area contributed by atoms with Crippen molar-refractivity contribution < 1.29 is 9.18 Å². The average molecular weight is 330 g/mol. The van der Waals surface area contributed by atoms with Crippen LogP contribution in [0.1, 0.15) is 23.7 Å². The van der Waals surface area contributed by atoms with E-state index < -0.39 is 0 Å². The van der Waals surface area contributed by atoms with Gasteiger partial charge in [0, 0.05) is 30.8 Å². The van der Waals surface area contributed by atoms with Crippen LogP contribution in [-0.2, 0) is 24.3 Å². The summed E-state index contributed by atoms with van der Waals surface area (Å²) in [5.41, 5.74) is 1.73. The van der Waals surface area contributed by atoms with Crippen molar-refractivity contribution in [2.45, 2.75) is 32.5 Å². The first-order chi connectivity index (χ1) is 11.6. The van der Waals surface area contributed by atoms with E-state index >= 15 is 0 Å². The molecule has 1 aliphatic heterocycles. The van der Waals surface area contributed by atoms with Gasteiger partial charge in [-0.2, -0.15) is 0 Å². The monoisotopic (exact) mass is 330 g/mol. The van der Waals surface area contributed by atoms with E-state index in [1.54, 1.807) is 25.1 Å². The molecule has 0 fully saturated rings. The van der Waals surface area contributed by atoms with Crippen molar-refractivity contribution in [2.75, 3.05) is 6.54 Å². The molecule has 0 saturated heterocycles. The third kappa shape index (κ3) is 3.35. The molecule has 6 nitrogen and oxygen atoms in total. The van der Waals surface area contributed by atoms with Crippen molar-refractivity contribution in [1.29, 1.82) is 0 Å². The van der Waals surface area contributed by atoms with Crippen LogP contribution in [0.2, 0.25) is 0 Å². The van der Waals surface area contributed by atoms with E-state index in [1.807, 2.05) is 4.90 Å². The summed E-state index contributed by atoms with van der Waals surface area (Å²) in [4.78, 5) is 32.8. The molecule has 0 radical (unpaired) electrons. The van der Waals surface area contributed by atoms with Crippen LogP contribution in [0.5, 0.6) is 0 Å². The zero-order valence-electron chi connectivity index (χ0n) is 13.4. The minimum atomic E-state index is -0.383. The Balaban J connectivity index is 1.62. The number of amides is 1. The van der Waals surface area contributed by atoms with E-state index in [2.05, 4.69) is 15.3 Å². The van der Waals surface area contributed by atoms with Crippen LogP contribution in [0.25, 0.3) is 0 Å². The lowest BCUT2D eigenvalue weighted by Gasteiger charge is -2.31. The van der Waals surface area contributed by atoms with Gasteiger partial charge >= 0.3 is 0 Å². The number of benzene rings is 1. The molecule has 1 aromatic carbocycles. The van der Waals surface area contributed by atoms with Crippen molar-refractivity contribution >= 4 is 5.91 Å². The minimum absolute atomic E-state index is 0.115. The highest BCUT2D eigenvalue weighted by atomic mass is 19.1. The number of aromatic nitrogens is 2. The molecule has 2 aromatic rings. The third-order valence-corrected chi connectivity index (χ3v) is 4.38. The van der Waals surface area contributed by atoms with Gasteiger partial charge in [-0.25, -0.2) is 9.37 Å². The number of hydrogen-bond donors (Lipinski definition) is 2. The second-order valence-electron chi connectivity index (χ2n) is 5.86. The molecule has 2 heterocycles. The summed E-state index contributed by atoms with van der Waals surface area (Å²) in [6, 6.07) is 5.98. The molecule has 0 saturated carbocycles. The number of halogens is 1. The molecule has 0 spiro atoms. The Labute approximate surface area is 138 Å². The normalized spacial score (nSPS) is 15.6. The number of rotatable bonds is 4. The van der Waals surface area contributed by atoms with Crippen LogP contribution in [-0.4, -0.2) is 33.4 Å². The molecule has 2 N–H and O–H groups in total. The molecule has 1 amide bonds. The molecule has 0 unspecified atom stereocenters. The number of aromatic amines is 1. The van der Waals surface area contributed by atoms with Crippen molar-refractivity contribution in [3.8, 4) is 0 Å². The summed E-state index contributed by atoms with van der Waals surface area (Å²) in [7, 11) is 0. The van der Waals surface area contributed by atoms with E-state index in [0.717, 1.165) is 0 Å². The second kappa shape index (κ2) is 6.92. The maximum atomic E-state index is 13.6. The van der Waals surface area contributed by atoms with E-state index in [9.17, 15) is 14.0 Å². The van der Waals surface area contributed by atoms with Gasteiger partial charge in [-0.3, -0.25) is 14.5 Å². The highest BCUT2D eigenvalue weighted by Gasteiger charge is 2.27. The van der Waals surface area contributed by atoms with E-state index in [0.29, 0.717) is 36.3 Å². The molecule has 1 aliphatic rings. The topological polar surface area (TPSA) is 78.1 Å². The Morgan fingerprint density at radius 1 is 1.46 bits per heavy atom. The Kier molecular flexibility index (Phi) is 4.71. The molecule has 0 bridgehead atoms. The number of nitrogens with zero attached hydrogens (tertiary/aromatic N) is 2. The SMILES string of the molecule is C[C@H](C(=O)NCc1ccccc1F)N1CCc2c(nc[nH]c2=O)C1. The maximum absolute atomic E-state index is 13.6. The first-order valence-electron chi connectivity index (χ1n) is 7.87. The maximum Gasteiger partial charge on any atom is 0.254 e. The lowest BCUT2D eigenvalue weighted by atomic mass is 10.0. The largest absolute Gasteiger partial charge is 0.351 e. The fourth-order valence-corrected chi connectivity index (χ4v) is 2.85. The van der Waals surface area contributed by atoms with Crippen molar-refractivity contribution in [1.82, 2.24) is 20.2 Å². The number of nitrogens with one attached hydrogen (secondary N) is 2. The third-order valence-electron chi connectivity index (χ3n) is 4.38. The molecule has 126 valence electrons. The standard InChI is InChI=1S/C17H19FN4O2/c1-11(16(23)19-8-12-4-2-3-5-14(12)18)22-7-6-13-15(9-22)20-10-21-17(13)24/h2-5,10-11H,6-9H2,1H3,(H,19,23)(H,20,21,24)/t11-/m1/s1. The quantitative estimate of drug-likeness (QED) is 0.876. The molecular formula is C17H19FN4O2. The van der Waals surface area contributed by atoms with Crippen LogP contribution < -0.4 is 10.9 Å². The number of carbonyl (C=O) groups excluding carboxylic acids is 1. The molecule has 24 heavy (non-hydrogen) atoms. The molecule has 1 atom stereocenters. The summed E-state index contributed by atoms with van der Waals surface area (Å²) >= 11 is 0. The predicted octanol–water partition coefficient (Wildman–Crippen LogP) is 0.972. The Morgan fingerprint density at radius 2 is 2.25 bits per heavy atom. The lowest BCUT2D eigenvalue weighted by molar-refractivity contribution is -0.126. The summed E-state index contributed by atoms with van der Waals surface area (Å²) in [6.07, 6.45) is 1.94. The second-order valence-corrected chi connectivity index (χ2v) is 5.86. The Hall–Kier alpha value is -2.54. The van der Waals surface area contributed by atoms with Gasteiger partial charge in [0.05, 0.1) is 18.1 Å². The van der Waals surface area contributed by atoms with E-state index in [4.69, 9.17) is 0 Å². The van der Waals surface area contributed by atoms with Gasteiger partial charge in [0.2, 0.25) is 5.91 Å². The number of H-pyrrole nitrogens is 1. The summed E-state index contributed by atoms with van der Waals surface area (Å²) in [5, 5.41) is 2.76. The predicted molar refractivity (Wildman–Crippen MR) is 86.7 cm³/mol. The smallest absolute Gasteiger partial charge is 0.254 e. The Morgan fingerprint density at radius 3 is 3.04 bits per heavy atom. The van der Waals surface area contributed by atoms with Crippen molar-refractivity contribution in [3.05, 3.63) is 63.6 Å². The van der Waals surface area contributed by atoms with Crippen LogP contribution in [0.15, 0.2) is 35.4 Å². The number of fused-ring (bicyclic) bond motifs is 1. The first kappa shape index (κ1) is 16.3. The van der Waals surface area contributed by atoms with Gasteiger partial charge in [0.15, 0.2) is 0 Å². The first-order valence-corrected chi connectivity index (χ1v) is 7.87. The van der Waals surface area contributed by atoms with Gasteiger partial charge in [-0.15, -0.1) is 0 Å². The van der Waals surface area contributed by atoms with Gasteiger partial charge < -0.3 is 10.3 Å². The molecule has 0 aliphatic carbocycles. The zero-order chi connectivity index (χ0) is 17.1. The van der Waals surface area contributed by atoms with Crippen molar-refractivity contribution in [2.24, 2.45) is 0 Å². The number of carbonyl (C=O) groups is 1. The summed E-state index contributed by atoms with van der Waals surface area (Å²) < 4.78 is 13.6. The van der Waals surface area contributed by atoms with Gasteiger partial charge in [-0.1, -0.05) is 18.2 Å². The zero-order valence-corrected chi connectivity index (χ0v) is 13.4. The van der Waals surface area contributed by atoms with Gasteiger partial charge in [0.25, 0.3) is 5.56 Å². The highest BCUT2D eigenvalue weighted by Crippen LogP contribution is 2.15. The summed E-state index contributed by atoms with van der Waals surface area (Å²) in [6.45, 7) is 3.01. The fourth-order valence-electron chi connectivity index (χ4n) is 2.85. The van der Waals surface area contributed by atoms with E-state index in [1.165, 1.54) is 12.4 Å². The van der Waals surface area contributed by atoms with Crippen LogP contribution in [0.3, 0.4) is 0 Å². The molecule has 7 heteroatoms. The summed E-state index contributed by atoms with van der Waals surface area (Å²) in [5.74, 6) is -0.507.